The molecule has 70 valence electrons. The highest BCUT2D eigenvalue weighted by Gasteiger charge is 2.29. The summed E-state index contributed by atoms with van der Waals surface area (Å²) in [6.07, 6.45) is 3.02. The van der Waals surface area contributed by atoms with Gasteiger partial charge < -0.3 is 9.57 Å². The van der Waals surface area contributed by atoms with Crippen LogP contribution in [0.2, 0.25) is 0 Å². The molecule has 0 amide bonds. The average molecular weight is 171 g/mol. The molecule has 0 N–H and O–H groups in total. The molecule has 0 bridgehead atoms. The Hall–Kier alpha value is -0.730. The number of rotatable bonds is 3. The summed E-state index contributed by atoms with van der Waals surface area (Å²) in [5.74, 6) is 0.744. The zero-order chi connectivity index (χ0) is 9.03. The van der Waals surface area contributed by atoms with Crippen LogP contribution in [0.5, 0.6) is 0 Å². The second-order valence-corrected chi connectivity index (χ2v) is 3.71. The lowest BCUT2D eigenvalue weighted by atomic mass is 10.1. The molecule has 1 heterocycles. The van der Waals surface area contributed by atoms with Gasteiger partial charge in [-0.05, 0) is 20.3 Å². The smallest absolute Gasteiger partial charge is 0.229 e. The van der Waals surface area contributed by atoms with Gasteiger partial charge in [0.05, 0.1) is 13.0 Å². The molecule has 12 heavy (non-hydrogen) atoms. The van der Waals surface area contributed by atoms with Gasteiger partial charge in [0.15, 0.2) is 0 Å². The van der Waals surface area contributed by atoms with E-state index in [2.05, 4.69) is 12.1 Å². The first-order chi connectivity index (χ1) is 5.64. The molecule has 0 aliphatic carbocycles. The van der Waals surface area contributed by atoms with E-state index in [1.54, 1.807) is 0 Å². The predicted molar refractivity (Wildman–Crippen MR) is 48.1 cm³/mol. The summed E-state index contributed by atoms with van der Waals surface area (Å²) >= 11 is 0. The Bertz CT molecular complexity index is 175. The maximum atomic E-state index is 5.40. The van der Waals surface area contributed by atoms with Crippen LogP contribution in [-0.4, -0.2) is 18.1 Å². The van der Waals surface area contributed by atoms with Crippen molar-refractivity contribution in [3.05, 3.63) is 0 Å². The van der Waals surface area contributed by atoms with Crippen molar-refractivity contribution in [2.75, 3.05) is 6.61 Å². The van der Waals surface area contributed by atoms with Crippen LogP contribution >= 0.6 is 0 Å². The fourth-order valence-corrected chi connectivity index (χ4v) is 1.01. The Morgan fingerprint density at radius 3 is 2.83 bits per heavy atom. The summed E-state index contributed by atoms with van der Waals surface area (Å²) < 4.78 is 5.40. The van der Waals surface area contributed by atoms with E-state index in [0.29, 0.717) is 0 Å². The average Bonchev–Trinajstić information content (AvgIpc) is 2.31. The summed E-state index contributed by atoms with van der Waals surface area (Å²) in [4.78, 5) is 5.15. The first kappa shape index (κ1) is 9.36. The van der Waals surface area contributed by atoms with Crippen molar-refractivity contribution in [2.24, 2.45) is 5.16 Å². The van der Waals surface area contributed by atoms with E-state index in [1.807, 2.05) is 13.8 Å². The maximum Gasteiger partial charge on any atom is 0.229 e. The van der Waals surface area contributed by atoms with Crippen molar-refractivity contribution in [1.29, 1.82) is 0 Å². The van der Waals surface area contributed by atoms with Crippen LogP contribution in [0, 0.1) is 0 Å². The molecule has 1 rings (SSSR count). The van der Waals surface area contributed by atoms with Gasteiger partial charge in [-0.15, -0.1) is 0 Å². The van der Waals surface area contributed by atoms with Crippen LogP contribution in [0.4, 0.5) is 0 Å². The second kappa shape index (κ2) is 3.78. The fraction of sp³-hybridized carbons (Fsp3) is 0.889. The zero-order valence-corrected chi connectivity index (χ0v) is 8.09. The molecule has 0 spiro atoms. The lowest BCUT2D eigenvalue weighted by Crippen LogP contribution is -2.19. The zero-order valence-electron chi connectivity index (χ0n) is 8.09. The van der Waals surface area contributed by atoms with E-state index >= 15 is 0 Å². The van der Waals surface area contributed by atoms with Gasteiger partial charge in [0.25, 0.3) is 0 Å². The minimum atomic E-state index is -0.165. The van der Waals surface area contributed by atoms with Crippen molar-refractivity contribution in [2.45, 2.75) is 45.6 Å². The second-order valence-electron chi connectivity index (χ2n) is 3.71. The fourth-order valence-electron chi connectivity index (χ4n) is 1.01. The Balaban J connectivity index is 2.19. The topological polar surface area (TPSA) is 30.8 Å². The third-order valence-electron chi connectivity index (χ3n) is 1.74. The van der Waals surface area contributed by atoms with Crippen molar-refractivity contribution >= 4 is 5.90 Å². The number of hydrogen-bond acceptors (Lipinski definition) is 3. The first-order valence-electron chi connectivity index (χ1n) is 4.52. The highest BCUT2D eigenvalue weighted by Crippen LogP contribution is 2.22. The number of oxime groups is 1. The molecular weight excluding hydrogens is 154 g/mol. The van der Waals surface area contributed by atoms with Gasteiger partial charge in [0.2, 0.25) is 5.90 Å². The van der Waals surface area contributed by atoms with Crippen LogP contribution in [-0.2, 0) is 9.57 Å². The van der Waals surface area contributed by atoms with Gasteiger partial charge in [-0.2, -0.15) is 0 Å². The number of nitrogens with zero attached hydrogens (tertiary/aromatic N) is 1. The molecule has 0 unspecified atom stereocenters. The van der Waals surface area contributed by atoms with Gasteiger partial charge in [-0.25, -0.2) is 0 Å². The molecule has 3 nitrogen and oxygen atoms in total. The Kier molecular flexibility index (Phi) is 2.95. The molecule has 0 saturated heterocycles. The molecule has 1 aliphatic heterocycles. The molecule has 0 fully saturated rings. The van der Waals surface area contributed by atoms with Gasteiger partial charge >= 0.3 is 0 Å². The van der Waals surface area contributed by atoms with E-state index in [-0.39, 0.29) is 5.60 Å². The van der Waals surface area contributed by atoms with Crippen LogP contribution in [0.1, 0.15) is 40.0 Å². The van der Waals surface area contributed by atoms with Crippen LogP contribution in [0.15, 0.2) is 5.16 Å². The van der Waals surface area contributed by atoms with Crippen molar-refractivity contribution < 1.29 is 9.57 Å². The van der Waals surface area contributed by atoms with E-state index in [0.717, 1.165) is 31.8 Å². The molecule has 0 aromatic carbocycles. The molecule has 0 atom stereocenters. The maximum absolute atomic E-state index is 5.40. The number of unbranched alkanes of at least 4 members (excludes halogenated alkanes) is 1. The lowest BCUT2D eigenvalue weighted by Gasteiger charge is -2.12. The Morgan fingerprint density at radius 2 is 2.33 bits per heavy atom. The normalized spacial score (nSPS) is 20.1. The lowest BCUT2D eigenvalue weighted by molar-refractivity contribution is 0.0123. The highest BCUT2D eigenvalue weighted by atomic mass is 16.7. The number of hydrogen-bond donors (Lipinski definition) is 0. The summed E-state index contributed by atoms with van der Waals surface area (Å²) in [5.41, 5.74) is -0.165. The highest BCUT2D eigenvalue weighted by molar-refractivity contribution is 5.77. The van der Waals surface area contributed by atoms with Crippen LogP contribution in [0.25, 0.3) is 0 Å². The third-order valence-corrected chi connectivity index (χ3v) is 1.74. The summed E-state index contributed by atoms with van der Waals surface area (Å²) in [6.45, 7) is 6.91. The van der Waals surface area contributed by atoms with Crippen LogP contribution < -0.4 is 0 Å². The standard InChI is InChI=1S/C9H17NO2/c1-4-5-6-11-8-7-9(2,3)12-10-8/h4-7H2,1-3H3. The predicted octanol–water partition coefficient (Wildman–Crippen LogP) is 2.32. The van der Waals surface area contributed by atoms with Crippen LogP contribution in [0.3, 0.4) is 0 Å². The molecule has 0 saturated carbocycles. The van der Waals surface area contributed by atoms with E-state index in [1.165, 1.54) is 0 Å². The first-order valence-corrected chi connectivity index (χ1v) is 4.52. The monoisotopic (exact) mass is 171 g/mol. The molecule has 0 radical (unpaired) electrons. The summed E-state index contributed by atoms with van der Waals surface area (Å²) in [6, 6.07) is 0. The van der Waals surface area contributed by atoms with Gasteiger partial charge in [-0.3, -0.25) is 0 Å². The Morgan fingerprint density at radius 1 is 1.58 bits per heavy atom. The quantitative estimate of drug-likeness (QED) is 0.610. The molecule has 3 heteroatoms. The largest absolute Gasteiger partial charge is 0.479 e. The molecule has 0 aromatic heterocycles. The van der Waals surface area contributed by atoms with E-state index in [4.69, 9.17) is 9.57 Å². The Labute approximate surface area is 73.7 Å². The molecule has 1 aliphatic rings. The van der Waals surface area contributed by atoms with Gasteiger partial charge in [0.1, 0.15) is 5.60 Å². The van der Waals surface area contributed by atoms with Crippen molar-refractivity contribution in [3.8, 4) is 0 Å². The minimum absolute atomic E-state index is 0.165. The summed E-state index contributed by atoms with van der Waals surface area (Å²) in [7, 11) is 0. The SMILES string of the molecule is CCCCOC1=NOC(C)(C)C1. The van der Waals surface area contributed by atoms with Crippen molar-refractivity contribution in [3.63, 3.8) is 0 Å². The molecular formula is C9H17NO2. The van der Waals surface area contributed by atoms with E-state index in [9.17, 15) is 0 Å². The van der Waals surface area contributed by atoms with E-state index < -0.39 is 0 Å². The number of ether oxygens (including phenoxy) is 1. The summed E-state index contributed by atoms with van der Waals surface area (Å²) in [5, 5.41) is 3.85. The minimum Gasteiger partial charge on any atom is -0.479 e. The van der Waals surface area contributed by atoms with Gasteiger partial charge in [0, 0.05) is 0 Å². The van der Waals surface area contributed by atoms with Crippen molar-refractivity contribution in [1.82, 2.24) is 0 Å². The van der Waals surface area contributed by atoms with Gasteiger partial charge in [-0.1, -0.05) is 18.5 Å². The third kappa shape index (κ3) is 2.72. The molecule has 0 aromatic rings.